The minimum Gasteiger partial charge on any atom is -0.378 e. The molecule has 0 saturated carbocycles. The summed E-state index contributed by atoms with van der Waals surface area (Å²) in [6.45, 7) is 5.16. The molecule has 0 saturated heterocycles. The number of anilines is 1. The van der Waals surface area contributed by atoms with E-state index in [4.69, 9.17) is 0 Å². The number of hydrogen-bond donors (Lipinski definition) is 1. The van der Waals surface area contributed by atoms with Crippen molar-refractivity contribution in [3.8, 4) is 0 Å². The zero-order valence-corrected chi connectivity index (χ0v) is 20.2. The van der Waals surface area contributed by atoms with Crippen LogP contribution in [0.25, 0.3) is 10.8 Å². The summed E-state index contributed by atoms with van der Waals surface area (Å²) < 4.78 is 28.4. The van der Waals surface area contributed by atoms with Crippen molar-refractivity contribution in [2.75, 3.05) is 18.4 Å². The van der Waals surface area contributed by atoms with Crippen LogP contribution in [0.3, 0.4) is 0 Å². The van der Waals surface area contributed by atoms with Gasteiger partial charge in [-0.2, -0.15) is 4.31 Å². The third kappa shape index (κ3) is 3.98. The highest BCUT2D eigenvalue weighted by Gasteiger charge is 2.38. The second-order valence-electron chi connectivity index (χ2n) is 9.24. The van der Waals surface area contributed by atoms with E-state index in [1.165, 1.54) is 16.3 Å². The first-order chi connectivity index (χ1) is 16.0. The molecule has 0 amide bonds. The van der Waals surface area contributed by atoms with E-state index in [-0.39, 0.29) is 12.0 Å². The molecule has 3 unspecified atom stereocenters. The van der Waals surface area contributed by atoms with Crippen LogP contribution in [0.15, 0.2) is 77.7 Å². The standard InChI is InChI=1S/C28H32N2O2S/c1-3-16-30(17-4-2)33(31,32)23-14-15-27-26(19-23)24-10-7-11-25(24)28(29-27)22-13-12-20-8-5-6-9-21(20)18-22/h5-10,12-15,18-19,24-25,28-29H,3-4,11,16-17H2,1-2H3. The summed E-state index contributed by atoms with van der Waals surface area (Å²) in [5, 5.41) is 6.26. The van der Waals surface area contributed by atoms with Crippen LogP contribution in [0.5, 0.6) is 0 Å². The summed E-state index contributed by atoms with van der Waals surface area (Å²) in [5.41, 5.74) is 3.42. The number of hydrogen-bond acceptors (Lipinski definition) is 3. The van der Waals surface area contributed by atoms with Gasteiger partial charge in [0.05, 0.1) is 10.9 Å². The Morgan fingerprint density at radius 2 is 1.70 bits per heavy atom. The summed E-state index contributed by atoms with van der Waals surface area (Å²) in [4.78, 5) is 0.410. The minimum absolute atomic E-state index is 0.196. The second kappa shape index (κ2) is 8.96. The van der Waals surface area contributed by atoms with Gasteiger partial charge in [0, 0.05) is 24.7 Å². The Morgan fingerprint density at radius 3 is 2.45 bits per heavy atom. The minimum atomic E-state index is -3.50. The van der Waals surface area contributed by atoms with Gasteiger partial charge in [-0.1, -0.05) is 62.4 Å². The maximum absolute atomic E-state index is 13.4. The third-order valence-corrected chi connectivity index (χ3v) is 8.95. The van der Waals surface area contributed by atoms with Crippen molar-refractivity contribution in [1.82, 2.24) is 4.31 Å². The van der Waals surface area contributed by atoms with E-state index in [1.54, 1.807) is 10.4 Å². The zero-order valence-electron chi connectivity index (χ0n) is 19.4. The monoisotopic (exact) mass is 460 g/mol. The van der Waals surface area contributed by atoms with Gasteiger partial charge < -0.3 is 5.32 Å². The molecule has 2 aliphatic rings. The number of rotatable bonds is 7. The fourth-order valence-electron chi connectivity index (χ4n) is 5.46. The van der Waals surface area contributed by atoms with Crippen LogP contribution >= 0.6 is 0 Å². The predicted octanol–water partition coefficient (Wildman–Crippen LogP) is 6.48. The molecule has 3 atom stereocenters. The number of nitrogens with one attached hydrogen (secondary N) is 1. The Bertz CT molecular complexity index is 1290. The molecule has 1 aliphatic heterocycles. The van der Waals surface area contributed by atoms with Gasteiger partial charge in [0.1, 0.15) is 0 Å². The van der Waals surface area contributed by atoms with Crippen molar-refractivity contribution in [3.05, 3.63) is 83.9 Å². The van der Waals surface area contributed by atoms with E-state index in [0.29, 0.717) is 23.9 Å². The lowest BCUT2D eigenvalue weighted by Gasteiger charge is -2.38. The third-order valence-electron chi connectivity index (χ3n) is 7.05. The Labute approximate surface area is 197 Å². The van der Waals surface area contributed by atoms with Crippen LogP contribution in [0.1, 0.15) is 56.2 Å². The maximum atomic E-state index is 13.4. The average molecular weight is 461 g/mol. The Hall–Kier alpha value is -2.63. The quantitative estimate of drug-likeness (QED) is 0.411. The molecule has 1 heterocycles. The topological polar surface area (TPSA) is 49.4 Å². The highest BCUT2D eigenvalue weighted by molar-refractivity contribution is 7.89. The second-order valence-corrected chi connectivity index (χ2v) is 11.2. The molecule has 0 radical (unpaired) electrons. The summed E-state index contributed by atoms with van der Waals surface area (Å²) >= 11 is 0. The van der Waals surface area contributed by atoms with Gasteiger partial charge in [-0.15, -0.1) is 0 Å². The molecule has 5 heteroatoms. The Morgan fingerprint density at radius 1 is 0.939 bits per heavy atom. The molecule has 33 heavy (non-hydrogen) atoms. The smallest absolute Gasteiger partial charge is 0.243 e. The van der Waals surface area contributed by atoms with E-state index in [2.05, 4.69) is 59.9 Å². The van der Waals surface area contributed by atoms with E-state index in [1.807, 2.05) is 26.0 Å². The van der Waals surface area contributed by atoms with Crippen molar-refractivity contribution in [3.63, 3.8) is 0 Å². The van der Waals surface area contributed by atoms with Crippen LogP contribution in [0.4, 0.5) is 5.69 Å². The van der Waals surface area contributed by atoms with Crippen LogP contribution in [-0.2, 0) is 10.0 Å². The first kappa shape index (κ1) is 22.2. The molecule has 0 bridgehead atoms. The van der Waals surface area contributed by atoms with Crippen LogP contribution in [-0.4, -0.2) is 25.8 Å². The van der Waals surface area contributed by atoms with E-state index in [0.717, 1.165) is 30.5 Å². The zero-order chi connectivity index (χ0) is 23.0. The normalized spacial score (nSPS) is 21.7. The molecule has 1 N–H and O–H groups in total. The van der Waals surface area contributed by atoms with Crippen molar-refractivity contribution in [2.45, 2.75) is 50.0 Å². The molecule has 5 rings (SSSR count). The first-order valence-electron chi connectivity index (χ1n) is 12.1. The lowest BCUT2D eigenvalue weighted by Crippen LogP contribution is -2.33. The van der Waals surface area contributed by atoms with Crippen molar-refractivity contribution in [2.24, 2.45) is 5.92 Å². The number of sulfonamides is 1. The van der Waals surface area contributed by atoms with Crippen LogP contribution < -0.4 is 5.32 Å². The SMILES string of the molecule is CCCN(CCC)S(=O)(=O)c1ccc2c(c1)C1C=CCC1C(c1ccc3ccccc3c1)N2. The van der Waals surface area contributed by atoms with Crippen molar-refractivity contribution >= 4 is 26.5 Å². The van der Waals surface area contributed by atoms with E-state index < -0.39 is 10.0 Å². The van der Waals surface area contributed by atoms with Gasteiger partial charge in [0.15, 0.2) is 0 Å². The Balaban J connectivity index is 1.52. The number of allylic oxidation sites excluding steroid dienone is 2. The predicted molar refractivity (Wildman–Crippen MR) is 136 cm³/mol. The highest BCUT2D eigenvalue weighted by Crippen LogP contribution is 2.50. The van der Waals surface area contributed by atoms with Gasteiger partial charge in [-0.25, -0.2) is 8.42 Å². The largest absolute Gasteiger partial charge is 0.378 e. The Kier molecular flexibility index (Phi) is 6.02. The molecule has 4 nitrogen and oxygen atoms in total. The number of benzene rings is 3. The molecular weight excluding hydrogens is 428 g/mol. The molecular formula is C28H32N2O2S. The summed E-state index contributed by atoms with van der Waals surface area (Å²) in [5.74, 6) is 0.595. The van der Waals surface area contributed by atoms with Crippen LogP contribution in [0, 0.1) is 5.92 Å². The van der Waals surface area contributed by atoms with Gasteiger partial charge in [-0.3, -0.25) is 0 Å². The van der Waals surface area contributed by atoms with Crippen LogP contribution in [0.2, 0.25) is 0 Å². The molecule has 172 valence electrons. The van der Waals surface area contributed by atoms with Gasteiger partial charge >= 0.3 is 0 Å². The summed E-state index contributed by atoms with van der Waals surface area (Å²) in [7, 11) is -3.50. The molecule has 0 aromatic heterocycles. The number of fused-ring (bicyclic) bond motifs is 4. The summed E-state index contributed by atoms with van der Waals surface area (Å²) in [6.07, 6.45) is 7.13. The van der Waals surface area contributed by atoms with E-state index in [9.17, 15) is 8.42 Å². The summed E-state index contributed by atoms with van der Waals surface area (Å²) in [6, 6.07) is 21.0. The van der Waals surface area contributed by atoms with Crippen molar-refractivity contribution in [1.29, 1.82) is 0 Å². The fraction of sp³-hybridized carbons (Fsp3) is 0.357. The molecule has 0 fully saturated rings. The van der Waals surface area contributed by atoms with Gasteiger partial charge in [0.2, 0.25) is 10.0 Å². The fourth-order valence-corrected chi connectivity index (χ4v) is 7.12. The number of nitrogens with zero attached hydrogens (tertiary/aromatic N) is 1. The van der Waals surface area contributed by atoms with Gasteiger partial charge in [0.25, 0.3) is 0 Å². The van der Waals surface area contributed by atoms with Crippen molar-refractivity contribution < 1.29 is 8.42 Å². The maximum Gasteiger partial charge on any atom is 0.243 e. The van der Waals surface area contributed by atoms with Gasteiger partial charge in [-0.05, 0) is 71.3 Å². The van der Waals surface area contributed by atoms with E-state index >= 15 is 0 Å². The first-order valence-corrected chi connectivity index (χ1v) is 13.5. The molecule has 3 aromatic rings. The lowest BCUT2D eigenvalue weighted by atomic mass is 9.77. The lowest BCUT2D eigenvalue weighted by molar-refractivity contribution is 0.409. The highest BCUT2D eigenvalue weighted by atomic mass is 32.2. The molecule has 1 aliphatic carbocycles. The molecule has 3 aromatic carbocycles. The average Bonchev–Trinajstić information content (AvgIpc) is 3.33. The molecule has 0 spiro atoms.